The fourth-order valence-corrected chi connectivity index (χ4v) is 2.94. The van der Waals surface area contributed by atoms with E-state index in [2.05, 4.69) is 26.8 Å². The van der Waals surface area contributed by atoms with Crippen LogP contribution < -0.4 is 0 Å². The monoisotopic (exact) mass is 236 g/mol. The van der Waals surface area contributed by atoms with Crippen LogP contribution in [-0.4, -0.2) is 11.1 Å². The molecule has 0 saturated heterocycles. The van der Waals surface area contributed by atoms with Gasteiger partial charge in [-0.15, -0.1) is 0 Å². The van der Waals surface area contributed by atoms with Gasteiger partial charge in [0.2, 0.25) is 0 Å². The average molecular weight is 236 g/mol. The predicted molar refractivity (Wildman–Crippen MR) is 70.8 cm³/mol. The normalized spacial score (nSPS) is 29.5. The van der Waals surface area contributed by atoms with Crippen LogP contribution in [0.1, 0.15) is 47.0 Å². The average Bonchev–Trinajstić information content (AvgIpc) is 2.14. The number of carboxylic acid groups (broad SMARTS) is 1. The zero-order chi connectivity index (χ0) is 13.1. The minimum atomic E-state index is -0.872. The van der Waals surface area contributed by atoms with E-state index < -0.39 is 5.97 Å². The molecule has 1 N–H and O–H groups in total. The second-order valence-electron chi connectivity index (χ2n) is 5.97. The summed E-state index contributed by atoms with van der Waals surface area (Å²) in [6.07, 6.45) is 9.27. The van der Waals surface area contributed by atoms with Crippen LogP contribution in [0.4, 0.5) is 0 Å². The summed E-state index contributed by atoms with van der Waals surface area (Å²) in [7, 11) is 0. The van der Waals surface area contributed by atoms with Crippen molar-refractivity contribution in [3.8, 4) is 0 Å². The highest BCUT2D eigenvalue weighted by Gasteiger charge is 2.34. The first-order valence-corrected chi connectivity index (χ1v) is 6.42. The van der Waals surface area contributed by atoms with Crippen molar-refractivity contribution in [1.29, 1.82) is 0 Å². The molecule has 1 aliphatic carbocycles. The Morgan fingerprint density at radius 2 is 2.06 bits per heavy atom. The van der Waals surface area contributed by atoms with Crippen LogP contribution in [0.3, 0.4) is 0 Å². The van der Waals surface area contributed by atoms with E-state index in [1.165, 1.54) is 25.3 Å². The first-order valence-electron chi connectivity index (χ1n) is 6.42. The molecule has 1 rings (SSSR count). The fraction of sp³-hybridized carbons (Fsp3) is 0.667. The third-order valence-electron chi connectivity index (χ3n) is 3.91. The predicted octanol–water partition coefficient (Wildman–Crippen LogP) is 4.04. The topological polar surface area (TPSA) is 37.3 Å². The minimum absolute atomic E-state index is 0.331. The van der Waals surface area contributed by atoms with Gasteiger partial charge in [0.15, 0.2) is 0 Å². The van der Waals surface area contributed by atoms with Crippen molar-refractivity contribution in [1.82, 2.24) is 0 Å². The maximum absolute atomic E-state index is 10.5. The Morgan fingerprint density at radius 1 is 1.41 bits per heavy atom. The number of allylic oxidation sites excluding steroid dienone is 3. The Morgan fingerprint density at radius 3 is 2.59 bits per heavy atom. The molecule has 1 fully saturated rings. The first kappa shape index (κ1) is 14.0. The Hall–Kier alpha value is -1.05. The molecule has 17 heavy (non-hydrogen) atoms. The molecule has 0 aromatic heterocycles. The second-order valence-corrected chi connectivity index (χ2v) is 5.97. The molecule has 1 saturated carbocycles. The Balaban J connectivity index is 2.77. The largest absolute Gasteiger partial charge is 0.478 e. The van der Waals surface area contributed by atoms with E-state index >= 15 is 0 Å². The summed E-state index contributed by atoms with van der Waals surface area (Å²) >= 11 is 0. The lowest BCUT2D eigenvalue weighted by Gasteiger charge is -2.41. The van der Waals surface area contributed by atoms with Crippen LogP contribution in [0.5, 0.6) is 0 Å². The molecule has 0 amide bonds. The summed E-state index contributed by atoms with van der Waals surface area (Å²) in [6, 6.07) is 0. The zero-order valence-corrected chi connectivity index (χ0v) is 11.4. The van der Waals surface area contributed by atoms with Crippen molar-refractivity contribution in [3.05, 3.63) is 23.8 Å². The van der Waals surface area contributed by atoms with Crippen molar-refractivity contribution in [2.45, 2.75) is 47.0 Å². The maximum Gasteiger partial charge on any atom is 0.328 e. The van der Waals surface area contributed by atoms with Gasteiger partial charge in [-0.05, 0) is 36.2 Å². The number of carboxylic acids is 1. The molecule has 96 valence electrons. The number of hydrogen-bond donors (Lipinski definition) is 1. The number of aliphatic carboxylic acids is 1. The molecule has 0 spiro atoms. The van der Waals surface area contributed by atoms with Crippen LogP contribution in [0.25, 0.3) is 0 Å². The van der Waals surface area contributed by atoms with Crippen LogP contribution in [0, 0.1) is 17.3 Å². The van der Waals surface area contributed by atoms with Gasteiger partial charge >= 0.3 is 5.97 Å². The smallest absolute Gasteiger partial charge is 0.328 e. The van der Waals surface area contributed by atoms with Gasteiger partial charge in [0, 0.05) is 6.08 Å². The summed E-state index contributed by atoms with van der Waals surface area (Å²) in [4.78, 5) is 10.5. The molecule has 2 atom stereocenters. The quantitative estimate of drug-likeness (QED) is 0.593. The van der Waals surface area contributed by atoms with E-state index in [9.17, 15) is 4.79 Å². The maximum atomic E-state index is 10.5. The Kier molecular flexibility index (Phi) is 4.55. The van der Waals surface area contributed by atoms with Gasteiger partial charge in [-0.1, -0.05) is 45.8 Å². The zero-order valence-electron chi connectivity index (χ0n) is 11.4. The Labute approximate surface area is 104 Å². The Bertz CT molecular complexity index is 337. The van der Waals surface area contributed by atoms with Crippen molar-refractivity contribution in [2.75, 3.05) is 0 Å². The highest BCUT2D eigenvalue weighted by Crippen LogP contribution is 2.44. The van der Waals surface area contributed by atoms with Gasteiger partial charge < -0.3 is 5.11 Å². The molecule has 0 radical (unpaired) electrons. The van der Waals surface area contributed by atoms with Crippen LogP contribution >= 0.6 is 0 Å². The van der Waals surface area contributed by atoms with Gasteiger partial charge in [0.05, 0.1) is 0 Å². The van der Waals surface area contributed by atoms with Crippen LogP contribution in [-0.2, 0) is 4.79 Å². The highest BCUT2D eigenvalue weighted by molar-refractivity contribution is 5.81. The van der Waals surface area contributed by atoms with Gasteiger partial charge in [0.1, 0.15) is 0 Å². The molecule has 0 bridgehead atoms. The molecule has 2 nitrogen and oxygen atoms in total. The van der Waals surface area contributed by atoms with Gasteiger partial charge in [-0.25, -0.2) is 4.79 Å². The minimum Gasteiger partial charge on any atom is -0.478 e. The molecule has 0 aromatic carbocycles. The number of hydrogen-bond acceptors (Lipinski definition) is 1. The van der Waals surface area contributed by atoms with Gasteiger partial charge in [-0.3, -0.25) is 0 Å². The van der Waals surface area contributed by atoms with Gasteiger partial charge in [0.25, 0.3) is 0 Å². The lowest BCUT2D eigenvalue weighted by molar-refractivity contribution is -0.131. The molecular weight excluding hydrogens is 212 g/mol. The lowest BCUT2D eigenvalue weighted by atomic mass is 9.64. The van der Waals surface area contributed by atoms with Crippen molar-refractivity contribution in [3.63, 3.8) is 0 Å². The van der Waals surface area contributed by atoms with E-state index in [-0.39, 0.29) is 0 Å². The number of rotatable bonds is 3. The van der Waals surface area contributed by atoms with Gasteiger partial charge in [-0.2, -0.15) is 0 Å². The molecule has 1 aliphatic rings. The third kappa shape index (κ3) is 4.03. The first-order chi connectivity index (χ1) is 7.83. The summed E-state index contributed by atoms with van der Waals surface area (Å²) < 4.78 is 0. The molecule has 0 unspecified atom stereocenters. The van der Waals surface area contributed by atoms with Crippen molar-refractivity contribution < 1.29 is 9.90 Å². The van der Waals surface area contributed by atoms with Crippen LogP contribution in [0.2, 0.25) is 0 Å². The summed E-state index contributed by atoms with van der Waals surface area (Å²) in [6.45, 7) is 8.76. The highest BCUT2D eigenvalue weighted by atomic mass is 16.4. The molecule has 2 heteroatoms. The SMILES string of the molecule is CC(/C=C/[C@H]1[C@H](C)CCCC1(C)C)=C\C(=O)O. The molecule has 0 heterocycles. The fourth-order valence-electron chi connectivity index (χ4n) is 2.94. The van der Waals surface area contributed by atoms with E-state index in [4.69, 9.17) is 5.11 Å². The van der Waals surface area contributed by atoms with E-state index in [0.717, 1.165) is 5.57 Å². The lowest BCUT2D eigenvalue weighted by Crippen LogP contribution is -2.32. The van der Waals surface area contributed by atoms with E-state index in [1.807, 2.05) is 13.0 Å². The molecule has 0 aliphatic heterocycles. The summed E-state index contributed by atoms with van der Waals surface area (Å²) in [5.41, 5.74) is 1.14. The molecule has 0 aromatic rings. The third-order valence-corrected chi connectivity index (χ3v) is 3.91. The number of carbonyl (C=O) groups is 1. The summed E-state index contributed by atoms with van der Waals surface area (Å²) in [5.74, 6) is 0.365. The molecular formula is C15H24O2. The van der Waals surface area contributed by atoms with Crippen molar-refractivity contribution >= 4 is 5.97 Å². The standard InChI is InChI=1S/C15H24O2/c1-11(10-14(16)17)7-8-13-12(2)6-5-9-15(13,3)4/h7-8,10,12-13H,5-6,9H2,1-4H3,(H,16,17)/b8-7+,11-10+/t12-,13+/m1/s1. The van der Waals surface area contributed by atoms with E-state index in [1.54, 1.807) is 0 Å². The van der Waals surface area contributed by atoms with E-state index in [0.29, 0.717) is 17.3 Å². The summed E-state index contributed by atoms with van der Waals surface area (Å²) in [5, 5.41) is 8.67. The van der Waals surface area contributed by atoms with Crippen LogP contribution in [0.15, 0.2) is 23.8 Å². The van der Waals surface area contributed by atoms with Crippen molar-refractivity contribution in [2.24, 2.45) is 17.3 Å². The second kappa shape index (κ2) is 5.52.